The predicted octanol–water partition coefficient (Wildman–Crippen LogP) is 2.98. The van der Waals surface area contributed by atoms with Gasteiger partial charge in [-0.3, -0.25) is 15.0 Å². The maximum atomic E-state index is 11.2. The largest absolute Gasteiger partial charge is 0.345 e. The number of ether oxygens (including phenoxy) is 1. The van der Waals surface area contributed by atoms with Crippen LogP contribution in [0.2, 0.25) is 0 Å². The molecule has 1 unspecified atom stereocenters. The molecule has 2 rings (SSSR count). The van der Waals surface area contributed by atoms with Crippen LogP contribution in [0.5, 0.6) is 0 Å². The molecule has 10 nitrogen and oxygen atoms in total. The van der Waals surface area contributed by atoms with Crippen LogP contribution in [-0.4, -0.2) is 26.2 Å². The van der Waals surface area contributed by atoms with Gasteiger partial charge in [0, 0.05) is 30.1 Å². The number of nitro groups is 1. The molecule has 0 spiro atoms. The minimum Gasteiger partial charge on any atom is -0.345 e. The van der Waals surface area contributed by atoms with E-state index in [9.17, 15) is 20.2 Å². The van der Waals surface area contributed by atoms with E-state index in [0.717, 1.165) is 6.42 Å². The van der Waals surface area contributed by atoms with Crippen molar-refractivity contribution in [2.45, 2.75) is 39.0 Å². The Kier molecular flexibility index (Phi) is 6.23. The maximum Gasteiger partial charge on any atom is 0.297 e. The summed E-state index contributed by atoms with van der Waals surface area (Å²) in [6.45, 7) is 3.92. The first-order valence-corrected chi connectivity index (χ1v) is 8.08. The zero-order valence-corrected chi connectivity index (χ0v) is 14.5. The molecule has 1 aromatic carbocycles. The summed E-state index contributed by atoms with van der Waals surface area (Å²) >= 11 is 0. The van der Waals surface area contributed by atoms with Crippen LogP contribution < -0.4 is 0 Å². The average Bonchev–Trinajstić information content (AvgIpc) is 2.99. The summed E-state index contributed by atoms with van der Waals surface area (Å²) in [5.41, 5.74) is 0.181. The number of non-ortho nitro benzene ring substituents is 1. The fraction of sp³-hybridized carbons (Fsp3) is 0.438. The second-order valence-corrected chi connectivity index (χ2v) is 5.68. The quantitative estimate of drug-likeness (QED) is 0.275. The van der Waals surface area contributed by atoms with Gasteiger partial charge < -0.3 is 9.30 Å². The van der Waals surface area contributed by atoms with Gasteiger partial charge in [-0.25, -0.2) is 4.98 Å². The molecule has 26 heavy (non-hydrogen) atoms. The third-order valence-electron chi connectivity index (χ3n) is 3.88. The van der Waals surface area contributed by atoms with Gasteiger partial charge in [0.1, 0.15) is 5.82 Å². The van der Waals surface area contributed by atoms with Gasteiger partial charge in [0.05, 0.1) is 18.1 Å². The molecule has 0 bridgehead atoms. The van der Waals surface area contributed by atoms with Crippen LogP contribution >= 0.6 is 0 Å². The van der Waals surface area contributed by atoms with Crippen LogP contribution in [0.25, 0.3) is 0 Å². The number of aryl methyl sites for hydroxylation is 1. The Bertz CT molecular complexity index is 760. The molecular weight excluding hydrogens is 344 g/mol. The summed E-state index contributed by atoms with van der Waals surface area (Å²) in [5.74, 6) is -1.11. The molecule has 0 radical (unpaired) electrons. The molecular formula is C16H20N4O6. The highest BCUT2D eigenvalue weighted by Gasteiger charge is 2.39. The van der Waals surface area contributed by atoms with Crippen molar-refractivity contribution in [2.75, 3.05) is 6.61 Å². The second-order valence-electron chi connectivity index (χ2n) is 5.68. The third kappa shape index (κ3) is 4.54. The van der Waals surface area contributed by atoms with E-state index in [1.54, 1.807) is 23.9 Å². The minimum atomic E-state index is -1.74. The number of unbranched alkanes of at least 4 members (excludes halogenated alkanes) is 1. The van der Waals surface area contributed by atoms with E-state index in [1.807, 2.05) is 6.92 Å². The molecule has 0 aliphatic rings. The lowest BCUT2D eigenvalue weighted by atomic mass is 10.0. The zero-order chi connectivity index (χ0) is 19.2. The van der Waals surface area contributed by atoms with Crippen molar-refractivity contribution in [3.8, 4) is 0 Å². The van der Waals surface area contributed by atoms with Crippen LogP contribution in [0, 0.1) is 27.2 Å². The lowest BCUT2D eigenvalue weighted by Crippen LogP contribution is -2.40. The molecule has 0 aliphatic heterocycles. The van der Waals surface area contributed by atoms with E-state index in [4.69, 9.17) is 9.57 Å². The van der Waals surface area contributed by atoms with Gasteiger partial charge in [-0.15, -0.1) is 10.1 Å². The molecule has 0 aliphatic carbocycles. The Morgan fingerprint density at radius 1 is 1.23 bits per heavy atom. The smallest absolute Gasteiger partial charge is 0.297 e. The lowest BCUT2D eigenvalue weighted by Gasteiger charge is -2.32. The number of hydrogen-bond acceptors (Lipinski definition) is 7. The summed E-state index contributed by atoms with van der Waals surface area (Å²) in [6, 6.07) is 5.33. The SMILES string of the molecule is CCCCOC(Cn1ccnc1C)(O[N+](=O)[O-])c1ccc([N+](=O)[O-])cc1. The lowest BCUT2D eigenvalue weighted by molar-refractivity contribution is -0.802. The van der Waals surface area contributed by atoms with E-state index in [-0.39, 0.29) is 18.8 Å². The van der Waals surface area contributed by atoms with Crippen molar-refractivity contribution in [1.29, 1.82) is 0 Å². The molecule has 140 valence electrons. The molecule has 0 saturated carbocycles. The van der Waals surface area contributed by atoms with E-state index in [0.29, 0.717) is 17.8 Å². The highest BCUT2D eigenvalue weighted by atomic mass is 17.0. The Labute approximate surface area is 149 Å². The van der Waals surface area contributed by atoms with Gasteiger partial charge in [0.2, 0.25) is 0 Å². The van der Waals surface area contributed by atoms with Crippen molar-refractivity contribution >= 4 is 5.69 Å². The fourth-order valence-corrected chi connectivity index (χ4v) is 2.46. The Hall–Kier alpha value is -3.01. The van der Waals surface area contributed by atoms with Crippen molar-refractivity contribution in [3.05, 3.63) is 68.3 Å². The van der Waals surface area contributed by atoms with Crippen molar-refractivity contribution in [1.82, 2.24) is 9.55 Å². The molecule has 2 aromatic rings. The molecule has 1 heterocycles. The standard InChI is InChI=1S/C16H20N4O6/c1-3-4-11-25-16(26-20(23)24,12-18-10-9-17-13(18)2)14-5-7-15(8-6-14)19(21)22/h5-10H,3-4,11-12H2,1-2H3. The third-order valence-corrected chi connectivity index (χ3v) is 3.88. The summed E-state index contributed by atoms with van der Waals surface area (Å²) in [4.78, 5) is 30.6. The molecule has 1 aromatic heterocycles. The van der Waals surface area contributed by atoms with Crippen LogP contribution in [0.3, 0.4) is 0 Å². The number of imidazole rings is 1. The first-order chi connectivity index (χ1) is 12.4. The Morgan fingerprint density at radius 2 is 1.92 bits per heavy atom. The number of rotatable bonds is 10. The summed E-state index contributed by atoms with van der Waals surface area (Å²) < 4.78 is 7.48. The minimum absolute atomic E-state index is 0.0264. The summed E-state index contributed by atoms with van der Waals surface area (Å²) in [6.07, 6.45) is 4.73. The van der Waals surface area contributed by atoms with Gasteiger partial charge in [-0.05, 0) is 25.5 Å². The number of aromatic nitrogens is 2. The Balaban J connectivity index is 2.46. The van der Waals surface area contributed by atoms with Crippen LogP contribution in [-0.2, 0) is 21.9 Å². The Morgan fingerprint density at radius 3 is 2.42 bits per heavy atom. The molecule has 1 atom stereocenters. The summed E-state index contributed by atoms with van der Waals surface area (Å²) in [7, 11) is 0. The van der Waals surface area contributed by atoms with Crippen LogP contribution in [0.15, 0.2) is 36.7 Å². The predicted molar refractivity (Wildman–Crippen MR) is 90.7 cm³/mol. The highest BCUT2D eigenvalue weighted by Crippen LogP contribution is 2.32. The number of hydrogen-bond donors (Lipinski definition) is 0. The first-order valence-electron chi connectivity index (χ1n) is 8.08. The van der Waals surface area contributed by atoms with Gasteiger partial charge in [-0.1, -0.05) is 13.3 Å². The van der Waals surface area contributed by atoms with Crippen molar-refractivity contribution in [3.63, 3.8) is 0 Å². The van der Waals surface area contributed by atoms with E-state index >= 15 is 0 Å². The maximum absolute atomic E-state index is 11.2. The fourth-order valence-electron chi connectivity index (χ4n) is 2.46. The first kappa shape index (κ1) is 19.3. The number of nitrogens with zero attached hydrogens (tertiary/aromatic N) is 4. The van der Waals surface area contributed by atoms with E-state index in [1.165, 1.54) is 24.3 Å². The van der Waals surface area contributed by atoms with Crippen LogP contribution in [0.4, 0.5) is 5.69 Å². The molecule has 10 heteroatoms. The molecule has 0 fully saturated rings. The van der Waals surface area contributed by atoms with E-state index in [2.05, 4.69) is 4.98 Å². The van der Waals surface area contributed by atoms with Gasteiger partial charge in [-0.2, -0.15) is 0 Å². The van der Waals surface area contributed by atoms with Crippen molar-refractivity contribution < 1.29 is 19.6 Å². The molecule has 0 N–H and O–H groups in total. The van der Waals surface area contributed by atoms with Crippen LogP contribution in [0.1, 0.15) is 31.2 Å². The monoisotopic (exact) mass is 364 g/mol. The van der Waals surface area contributed by atoms with Crippen molar-refractivity contribution in [2.24, 2.45) is 0 Å². The molecule has 0 saturated heterocycles. The van der Waals surface area contributed by atoms with Gasteiger partial charge in [0.25, 0.3) is 16.6 Å². The average molecular weight is 364 g/mol. The topological polar surface area (TPSA) is 123 Å². The van der Waals surface area contributed by atoms with E-state index < -0.39 is 15.8 Å². The molecule has 0 amide bonds. The second kappa shape index (κ2) is 8.39. The zero-order valence-electron chi connectivity index (χ0n) is 14.5. The normalized spacial score (nSPS) is 13.2. The number of nitro benzene ring substituents is 1. The summed E-state index contributed by atoms with van der Waals surface area (Å²) in [5, 5.41) is 21.1. The highest BCUT2D eigenvalue weighted by molar-refractivity contribution is 5.34. The number of benzene rings is 1. The van der Waals surface area contributed by atoms with Gasteiger partial charge >= 0.3 is 0 Å². The van der Waals surface area contributed by atoms with Gasteiger partial charge in [0.15, 0.2) is 0 Å².